The van der Waals surface area contributed by atoms with Crippen LogP contribution in [0.5, 0.6) is 0 Å². The van der Waals surface area contributed by atoms with Crippen molar-refractivity contribution in [1.82, 2.24) is 20.4 Å². The first-order chi connectivity index (χ1) is 12.3. The number of non-ortho nitro benzene ring substituents is 1. The number of benzene rings is 1. The molecule has 0 aromatic heterocycles. The molecule has 2 saturated heterocycles. The van der Waals surface area contributed by atoms with E-state index in [0.717, 1.165) is 16.2 Å². The maximum absolute atomic E-state index is 12.7. The van der Waals surface area contributed by atoms with Crippen molar-refractivity contribution in [3.8, 4) is 0 Å². The van der Waals surface area contributed by atoms with Gasteiger partial charge in [-0.1, -0.05) is 6.92 Å². The second-order valence-electron chi connectivity index (χ2n) is 6.25. The molecule has 0 radical (unpaired) electrons. The summed E-state index contributed by atoms with van der Waals surface area (Å²) in [4.78, 5) is 38.1. The summed E-state index contributed by atoms with van der Waals surface area (Å²) in [6, 6.07) is 5.89. The molecule has 2 heterocycles. The third-order valence-corrected chi connectivity index (χ3v) is 5.86. The second kappa shape index (κ2) is 7.22. The second-order valence-corrected chi connectivity index (χ2v) is 7.67. The van der Waals surface area contributed by atoms with Gasteiger partial charge in [0.15, 0.2) is 0 Å². The van der Waals surface area contributed by atoms with Gasteiger partial charge in [0.25, 0.3) is 5.69 Å². The van der Waals surface area contributed by atoms with Crippen molar-refractivity contribution in [2.75, 3.05) is 19.8 Å². The molecule has 1 aromatic rings. The van der Waals surface area contributed by atoms with Crippen molar-refractivity contribution in [1.29, 1.82) is 0 Å². The third kappa shape index (κ3) is 3.15. The Balaban J connectivity index is 1.90. The summed E-state index contributed by atoms with van der Waals surface area (Å²) in [5.41, 5.74) is 0.826. The van der Waals surface area contributed by atoms with Gasteiger partial charge in [0.1, 0.15) is 0 Å². The number of nitrogens with one attached hydrogen (secondary N) is 2. The zero-order chi connectivity index (χ0) is 19.0. The van der Waals surface area contributed by atoms with Crippen molar-refractivity contribution in [3.63, 3.8) is 0 Å². The lowest BCUT2D eigenvalue weighted by Crippen LogP contribution is -2.72. The molecule has 0 spiro atoms. The van der Waals surface area contributed by atoms with Gasteiger partial charge < -0.3 is 4.90 Å². The predicted octanol–water partition coefficient (Wildman–Crippen LogP) is 1.33. The number of nitro groups is 1. The fourth-order valence-corrected chi connectivity index (χ4v) is 4.42. The third-order valence-electron chi connectivity index (χ3n) is 4.74. The smallest absolute Gasteiger partial charge is 0.311 e. The van der Waals surface area contributed by atoms with Gasteiger partial charge in [-0.25, -0.2) is 4.79 Å². The van der Waals surface area contributed by atoms with Crippen LogP contribution in [0.1, 0.15) is 18.7 Å². The van der Waals surface area contributed by atoms with Gasteiger partial charge in [-0.15, -0.1) is 11.8 Å². The first-order valence-corrected chi connectivity index (χ1v) is 9.32. The van der Waals surface area contributed by atoms with Crippen molar-refractivity contribution < 1.29 is 14.5 Å². The Morgan fingerprint density at radius 1 is 1.19 bits per heavy atom. The normalized spacial score (nSPS) is 28.9. The van der Waals surface area contributed by atoms with Crippen LogP contribution in [0, 0.1) is 16.0 Å². The molecule has 2 N–H and O–H groups in total. The molecular formula is C16H21N5O4S. The molecule has 9 nitrogen and oxygen atoms in total. The molecule has 0 bridgehead atoms. The number of hydrogen-bond donors (Lipinski definition) is 2. The first kappa shape index (κ1) is 18.6. The highest BCUT2D eigenvalue weighted by molar-refractivity contribution is 7.99. The Morgan fingerprint density at radius 3 is 2.42 bits per heavy atom. The summed E-state index contributed by atoms with van der Waals surface area (Å²) < 4.78 is 0. The summed E-state index contributed by atoms with van der Waals surface area (Å²) in [5, 5.41) is 17.4. The van der Waals surface area contributed by atoms with Crippen molar-refractivity contribution in [3.05, 3.63) is 39.9 Å². The molecule has 140 valence electrons. The standard InChI is InChI=1S/C16H21N5O4S/c1-4-26-14-11-13(19(2)16(23)20(3)15(11)22)17-12(18-14)9-5-7-10(8-6-9)21(24)25/h5-8,11-14,17-18H,4H2,1-3H3. The molecule has 1 aromatic carbocycles. The molecule has 0 aliphatic carbocycles. The zero-order valence-corrected chi connectivity index (χ0v) is 15.5. The van der Waals surface area contributed by atoms with Crippen LogP contribution in [0.15, 0.2) is 24.3 Å². The highest BCUT2D eigenvalue weighted by atomic mass is 32.2. The van der Waals surface area contributed by atoms with Crippen LogP contribution in [0.3, 0.4) is 0 Å². The largest absolute Gasteiger partial charge is 0.327 e. The molecule has 3 amide bonds. The lowest BCUT2D eigenvalue weighted by molar-refractivity contribution is -0.384. The van der Waals surface area contributed by atoms with Gasteiger partial charge >= 0.3 is 6.03 Å². The van der Waals surface area contributed by atoms with Gasteiger partial charge in [0, 0.05) is 26.2 Å². The maximum Gasteiger partial charge on any atom is 0.327 e. The van der Waals surface area contributed by atoms with Crippen LogP contribution < -0.4 is 10.6 Å². The first-order valence-electron chi connectivity index (χ1n) is 8.27. The summed E-state index contributed by atoms with van der Waals surface area (Å²) in [6.07, 6.45) is -0.774. The summed E-state index contributed by atoms with van der Waals surface area (Å²) in [5.74, 6) is 0.177. The molecule has 4 unspecified atom stereocenters. The van der Waals surface area contributed by atoms with E-state index in [1.54, 1.807) is 30.9 Å². The summed E-state index contributed by atoms with van der Waals surface area (Å²) in [7, 11) is 3.16. The monoisotopic (exact) mass is 379 g/mol. The number of urea groups is 1. The van der Waals surface area contributed by atoms with Crippen LogP contribution in [-0.2, 0) is 4.79 Å². The van der Waals surface area contributed by atoms with E-state index in [1.807, 2.05) is 6.92 Å². The Labute approximate surface area is 155 Å². The molecule has 0 saturated carbocycles. The lowest BCUT2D eigenvalue weighted by Gasteiger charge is -2.50. The number of nitro benzene ring substituents is 1. The molecule has 3 rings (SSSR count). The zero-order valence-electron chi connectivity index (χ0n) is 14.7. The van der Waals surface area contributed by atoms with E-state index in [-0.39, 0.29) is 29.2 Å². The van der Waals surface area contributed by atoms with Crippen molar-refractivity contribution >= 4 is 29.4 Å². The molecular weight excluding hydrogens is 358 g/mol. The number of amides is 3. The van der Waals surface area contributed by atoms with Crippen molar-refractivity contribution in [2.24, 2.45) is 5.92 Å². The predicted molar refractivity (Wildman–Crippen MR) is 97.2 cm³/mol. The fraction of sp³-hybridized carbons (Fsp3) is 0.500. The number of fused-ring (bicyclic) bond motifs is 1. The van der Waals surface area contributed by atoms with E-state index in [4.69, 9.17) is 0 Å². The molecule has 10 heteroatoms. The van der Waals surface area contributed by atoms with Crippen molar-refractivity contribution in [2.45, 2.75) is 24.6 Å². The van der Waals surface area contributed by atoms with Gasteiger partial charge in [-0.2, -0.15) is 0 Å². The number of carbonyl (C=O) groups is 2. The van der Waals surface area contributed by atoms with E-state index >= 15 is 0 Å². The molecule has 2 aliphatic rings. The lowest BCUT2D eigenvalue weighted by atomic mass is 9.96. The van der Waals surface area contributed by atoms with Crippen LogP contribution in [0.2, 0.25) is 0 Å². The quantitative estimate of drug-likeness (QED) is 0.600. The minimum Gasteiger partial charge on any atom is -0.311 e. The Morgan fingerprint density at radius 2 is 1.85 bits per heavy atom. The van der Waals surface area contributed by atoms with E-state index in [2.05, 4.69) is 10.6 Å². The molecule has 26 heavy (non-hydrogen) atoms. The van der Waals surface area contributed by atoms with Gasteiger partial charge in [0.2, 0.25) is 5.91 Å². The van der Waals surface area contributed by atoms with Gasteiger partial charge in [0.05, 0.1) is 28.5 Å². The average Bonchev–Trinajstić information content (AvgIpc) is 2.64. The van der Waals surface area contributed by atoms with E-state index in [9.17, 15) is 19.7 Å². The van der Waals surface area contributed by atoms with E-state index < -0.39 is 17.0 Å². The number of rotatable bonds is 4. The van der Waals surface area contributed by atoms with Crippen LogP contribution >= 0.6 is 11.8 Å². The highest BCUT2D eigenvalue weighted by Crippen LogP contribution is 2.34. The molecule has 4 atom stereocenters. The van der Waals surface area contributed by atoms with E-state index in [0.29, 0.717) is 0 Å². The Bertz CT molecular complexity index is 728. The van der Waals surface area contributed by atoms with Crippen LogP contribution in [-0.4, -0.2) is 58.0 Å². The molecule has 2 aliphatic heterocycles. The van der Waals surface area contributed by atoms with Crippen LogP contribution in [0.4, 0.5) is 10.5 Å². The van der Waals surface area contributed by atoms with Crippen LogP contribution in [0.25, 0.3) is 0 Å². The van der Waals surface area contributed by atoms with Gasteiger partial charge in [-0.3, -0.25) is 30.4 Å². The molecule has 2 fully saturated rings. The number of carbonyl (C=O) groups excluding carboxylic acids is 2. The minimum atomic E-state index is -0.448. The number of thioether (sulfide) groups is 1. The topological polar surface area (TPSA) is 108 Å². The highest BCUT2D eigenvalue weighted by Gasteiger charge is 2.50. The SMILES string of the molecule is CCSC1NC(c2ccc([N+](=O)[O-])cc2)NC2C1C(=O)N(C)C(=O)N2C. The maximum atomic E-state index is 12.7. The minimum absolute atomic E-state index is 0.0173. The average molecular weight is 379 g/mol. The Kier molecular flexibility index (Phi) is 5.17. The number of nitrogens with zero attached hydrogens (tertiary/aromatic N) is 3. The number of hydrogen-bond acceptors (Lipinski definition) is 7. The van der Waals surface area contributed by atoms with Gasteiger partial charge in [-0.05, 0) is 23.4 Å². The number of imide groups is 1. The van der Waals surface area contributed by atoms with E-state index in [1.165, 1.54) is 24.1 Å². The fourth-order valence-electron chi connectivity index (χ4n) is 3.36. The summed E-state index contributed by atoms with van der Waals surface area (Å²) >= 11 is 1.61. The summed E-state index contributed by atoms with van der Waals surface area (Å²) in [6.45, 7) is 2.01. The Hall–Kier alpha value is -2.17.